The number of furan rings is 1. The molecule has 0 bridgehead atoms. The molecular weight excluding hydrogens is 306 g/mol. The number of nitrogens with one attached hydrogen (secondary N) is 1. The van der Waals surface area contributed by atoms with Gasteiger partial charge in [-0.25, -0.2) is 4.98 Å². The van der Waals surface area contributed by atoms with Gasteiger partial charge < -0.3 is 4.42 Å². The number of carbonyl (C=O) groups excluding carboxylic acids is 1. The van der Waals surface area contributed by atoms with Crippen LogP contribution in [0.5, 0.6) is 0 Å². The van der Waals surface area contributed by atoms with Crippen molar-refractivity contribution in [3.05, 3.63) is 63.7 Å². The first kappa shape index (κ1) is 14.0. The average molecular weight is 315 g/mol. The van der Waals surface area contributed by atoms with Crippen LogP contribution in [0.3, 0.4) is 0 Å². The summed E-state index contributed by atoms with van der Waals surface area (Å²) in [7, 11) is 0. The molecule has 0 atom stereocenters. The molecule has 0 saturated carbocycles. The summed E-state index contributed by atoms with van der Waals surface area (Å²) >= 11 is 1.26. The topological polar surface area (TPSA) is 98.3 Å². The summed E-state index contributed by atoms with van der Waals surface area (Å²) in [4.78, 5) is 26.1. The highest BCUT2D eigenvalue weighted by Crippen LogP contribution is 2.25. The van der Waals surface area contributed by atoms with Crippen LogP contribution >= 0.6 is 11.3 Å². The molecule has 1 aromatic carbocycles. The second-order valence-electron chi connectivity index (χ2n) is 4.25. The van der Waals surface area contributed by atoms with Gasteiger partial charge in [-0.3, -0.25) is 20.2 Å². The molecule has 3 aromatic rings. The zero-order valence-corrected chi connectivity index (χ0v) is 11.9. The van der Waals surface area contributed by atoms with E-state index < -0.39 is 16.7 Å². The van der Waals surface area contributed by atoms with Crippen molar-refractivity contribution in [1.29, 1.82) is 0 Å². The molecule has 2 aromatic heterocycles. The molecular formula is C14H9N3O4S. The predicted octanol–water partition coefficient (Wildman–Crippen LogP) is 3.56. The van der Waals surface area contributed by atoms with Crippen molar-refractivity contribution >= 4 is 28.3 Å². The summed E-state index contributed by atoms with van der Waals surface area (Å²) < 4.78 is 4.84. The Morgan fingerprint density at radius 2 is 2.00 bits per heavy atom. The first-order valence-corrected chi connectivity index (χ1v) is 7.08. The van der Waals surface area contributed by atoms with Crippen LogP contribution in [0.4, 0.5) is 11.0 Å². The molecule has 1 N–H and O–H groups in total. The molecule has 0 radical (unpaired) electrons. The number of hydrogen-bond acceptors (Lipinski definition) is 6. The quantitative estimate of drug-likeness (QED) is 0.586. The van der Waals surface area contributed by atoms with Crippen molar-refractivity contribution in [2.75, 3.05) is 5.32 Å². The molecule has 0 saturated heterocycles. The number of rotatable bonds is 4. The lowest BCUT2D eigenvalue weighted by Crippen LogP contribution is -2.10. The van der Waals surface area contributed by atoms with Crippen LogP contribution in [-0.4, -0.2) is 15.8 Å². The van der Waals surface area contributed by atoms with Crippen molar-refractivity contribution < 1.29 is 14.1 Å². The molecule has 1 amide bonds. The fourth-order valence-electron chi connectivity index (χ4n) is 1.78. The maximum Gasteiger partial charge on any atom is 0.433 e. The third kappa shape index (κ3) is 2.86. The Bertz CT molecular complexity index is 825. The van der Waals surface area contributed by atoms with Crippen LogP contribution in [0.1, 0.15) is 10.6 Å². The first-order valence-electron chi connectivity index (χ1n) is 6.20. The largest absolute Gasteiger partial charge is 0.433 e. The van der Waals surface area contributed by atoms with Gasteiger partial charge in [0.05, 0.1) is 11.8 Å². The van der Waals surface area contributed by atoms with Gasteiger partial charge in [0.25, 0.3) is 5.91 Å². The Morgan fingerprint density at radius 1 is 1.23 bits per heavy atom. The molecule has 0 spiro atoms. The number of benzene rings is 1. The van der Waals surface area contributed by atoms with Crippen molar-refractivity contribution in [2.24, 2.45) is 0 Å². The third-order valence-electron chi connectivity index (χ3n) is 2.79. The van der Waals surface area contributed by atoms with E-state index in [1.165, 1.54) is 17.4 Å². The highest BCUT2D eigenvalue weighted by molar-refractivity contribution is 7.14. The van der Waals surface area contributed by atoms with E-state index in [1.807, 2.05) is 35.7 Å². The van der Waals surface area contributed by atoms with Crippen LogP contribution in [0.15, 0.2) is 52.3 Å². The number of carbonyl (C=O) groups is 1. The van der Waals surface area contributed by atoms with E-state index in [0.29, 0.717) is 5.13 Å². The van der Waals surface area contributed by atoms with E-state index in [1.54, 1.807) is 0 Å². The highest BCUT2D eigenvalue weighted by Gasteiger charge is 2.18. The van der Waals surface area contributed by atoms with Crippen molar-refractivity contribution in [3.8, 4) is 11.3 Å². The van der Waals surface area contributed by atoms with Crippen LogP contribution in [0.25, 0.3) is 11.3 Å². The van der Waals surface area contributed by atoms with Crippen molar-refractivity contribution in [1.82, 2.24) is 4.98 Å². The lowest BCUT2D eigenvalue weighted by molar-refractivity contribution is -0.402. The first-order chi connectivity index (χ1) is 10.6. The fourth-order valence-corrected chi connectivity index (χ4v) is 2.49. The van der Waals surface area contributed by atoms with Gasteiger partial charge in [-0.05, 0) is 6.07 Å². The van der Waals surface area contributed by atoms with E-state index in [-0.39, 0.29) is 5.76 Å². The summed E-state index contributed by atoms with van der Waals surface area (Å²) in [5.41, 5.74) is 1.68. The van der Waals surface area contributed by atoms with Crippen molar-refractivity contribution in [2.45, 2.75) is 0 Å². The van der Waals surface area contributed by atoms with Crippen LogP contribution in [0, 0.1) is 10.1 Å². The summed E-state index contributed by atoms with van der Waals surface area (Å²) in [6, 6.07) is 11.9. The summed E-state index contributed by atoms with van der Waals surface area (Å²) in [6.45, 7) is 0. The minimum atomic E-state index is -0.701. The lowest BCUT2D eigenvalue weighted by atomic mass is 10.2. The molecule has 0 fully saturated rings. The maximum atomic E-state index is 11.9. The molecule has 0 aliphatic rings. The Hall–Kier alpha value is -3.00. The minimum Gasteiger partial charge on any atom is -0.395 e. The second kappa shape index (κ2) is 5.78. The Balaban J connectivity index is 1.74. The van der Waals surface area contributed by atoms with Crippen LogP contribution in [-0.2, 0) is 0 Å². The summed E-state index contributed by atoms with van der Waals surface area (Å²) in [5.74, 6) is -1.19. The van der Waals surface area contributed by atoms with E-state index in [2.05, 4.69) is 10.3 Å². The second-order valence-corrected chi connectivity index (χ2v) is 5.11. The molecule has 2 heterocycles. The molecule has 0 aliphatic carbocycles. The van der Waals surface area contributed by atoms with Crippen LogP contribution in [0.2, 0.25) is 0 Å². The number of thiazole rings is 1. The molecule has 8 heteroatoms. The lowest BCUT2D eigenvalue weighted by Gasteiger charge is -1.97. The van der Waals surface area contributed by atoms with Gasteiger partial charge in [0.15, 0.2) is 10.9 Å². The number of nitrogens with zero attached hydrogens (tertiary/aromatic N) is 2. The Morgan fingerprint density at radius 3 is 2.68 bits per heavy atom. The zero-order valence-electron chi connectivity index (χ0n) is 11.1. The monoisotopic (exact) mass is 315 g/mol. The SMILES string of the molecule is O=C(Nc1nc(-c2ccccc2)cs1)c1ccc([N+](=O)[O-])o1. The predicted molar refractivity (Wildman–Crippen MR) is 80.9 cm³/mol. The highest BCUT2D eigenvalue weighted by atomic mass is 32.1. The third-order valence-corrected chi connectivity index (χ3v) is 3.55. The maximum absolute atomic E-state index is 11.9. The van der Waals surface area contributed by atoms with Gasteiger partial charge in [0.1, 0.15) is 4.92 Å². The zero-order chi connectivity index (χ0) is 15.5. The van der Waals surface area contributed by atoms with Gasteiger partial charge >= 0.3 is 5.88 Å². The minimum absolute atomic E-state index is 0.136. The fraction of sp³-hybridized carbons (Fsp3) is 0. The average Bonchev–Trinajstić information content (AvgIpc) is 3.17. The molecule has 22 heavy (non-hydrogen) atoms. The van der Waals surface area contributed by atoms with Gasteiger partial charge in [-0.15, -0.1) is 11.3 Å². The van der Waals surface area contributed by atoms with Gasteiger partial charge in [0, 0.05) is 10.9 Å². The number of hydrogen-bond donors (Lipinski definition) is 1. The van der Waals surface area contributed by atoms with E-state index in [0.717, 1.165) is 17.3 Å². The molecule has 7 nitrogen and oxygen atoms in total. The number of nitro groups is 1. The molecule has 0 aliphatic heterocycles. The van der Waals surface area contributed by atoms with Crippen molar-refractivity contribution in [3.63, 3.8) is 0 Å². The number of amides is 1. The summed E-state index contributed by atoms with van der Waals surface area (Å²) in [5, 5.41) is 15.3. The van der Waals surface area contributed by atoms with Gasteiger partial charge in [0.2, 0.25) is 0 Å². The van der Waals surface area contributed by atoms with E-state index in [9.17, 15) is 14.9 Å². The summed E-state index contributed by atoms with van der Waals surface area (Å²) in [6.07, 6.45) is 0. The molecule has 3 rings (SSSR count). The standard InChI is InChI=1S/C14H9N3O4S/c18-13(11-6-7-12(21-11)17(19)20)16-14-15-10(8-22-14)9-4-2-1-3-5-9/h1-8H,(H,15,16,18). The number of anilines is 1. The Kier molecular flexibility index (Phi) is 3.67. The Labute approximate surface area is 128 Å². The normalized spacial score (nSPS) is 10.4. The van der Waals surface area contributed by atoms with Crippen LogP contribution < -0.4 is 5.32 Å². The van der Waals surface area contributed by atoms with E-state index >= 15 is 0 Å². The molecule has 110 valence electrons. The molecule has 0 unspecified atom stereocenters. The smallest absolute Gasteiger partial charge is 0.395 e. The van der Waals surface area contributed by atoms with Gasteiger partial charge in [-0.2, -0.15) is 0 Å². The van der Waals surface area contributed by atoms with Gasteiger partial charge in [-0.1, -0.05) is 30.3 Å². The van der Waals surface area contributed by atoms with E-state index in [4.69, 9.17) is 4.42 Å². The number of aromatic nitrogens is 1.